The highest BCUT2D eigenvalue weighted by Gasteiger charge is 2.36. The monoisotopic (exact) mass is 217 g/mol. The molecule has 0 spiro atoms. The quantitative estimate of drug-likeness (QED) is 0.823. The molecule has 1 aliphatic carbocycles. The molecule has 0 radical (unpaired) electrons. The molecule has 0 amide bonds. The molecule has 3 aliphatic rings. The molecule has 2 fully saturated rings. The number of aromatic nitrogens is 2. The highest BCUT2D eigenvalue weighted by molar-refractivity contribution is 5.28. The van der Waals surface area contributed by atoms with Gasteiger partial charge < -0.3 is 5.32 Å². The van der Waals surface area contributed by atoms with Crippen LogP contribution >= 0.6 is 0 Å². The first-order chi connectivity index (χ1) is 7.81. The Bertz CT molecular complexity index is 419. The van der Waals surface area contributed by atoms with Gasteiger partial charge in [0.25, 0.3) is 0 Å². The summed E-state index contributed by atoms with van der Waals surface area (Å²) in [6.07, 6.45) is 8.90. The topological polar surface area (TPSA) is 29.9 Å². The normalized spacial score (nSPS) is 33.8. The first-order valence-electron chi connectivity index (χ1n) is 6.65. The van der Waals surface area contributed by atoms with Crippen LogP contribution < -0.4 is 5.32 Å². The Hall–Kier alpha value is -0.830. The van der Waals surface area contributed by atoms with Crippen LogP contribution in [0.25, 0.3) is 0 Å². The molecule has 16 heavy (non-hydrogen) atoms. The number of hydrogen-bond acceptors (Lipinski definition) is 2. The van der Waals surface area contributed by atoms with Gasteiger partial charge in [-0.2, -0.15) is 5.10 Å². The van der Waals surface area contributed by atoms with Crippen molar-refractivity contribution in [3.63, 3.8) is 0 Å². The summed E-state index contributed by atoms with van der Waals surface area (Å²) in [5.41, 5.74) is 2.86. The van der Waals surface area contributed by atoms with Gasteiger partial charge in [-0.3, -0.25) is 4.68 Å². The third kappa shape index (κ3) is 1.27. The molecule has 3 heteroatoms. The van der Waals surface area contributed by atoms with Crippen molar-refractivity contribution in [2.24, 2.45) is 5.92 Å². The van der Waals surface area contributed by atoms with Gasteiger partial charge in [0, 0.05) is 30.3 Å². The Morgan fingerprint density at radius 2 is 2.25 bits per heavy atom. The Balaban J connectivity index is 1.69. The van der Waals surface area contributed by atoms with E-state index in [0.717, 1.165) is 12.3 Å². The zero-order chi connectivity index (χ0) is 10.7. The average Bonchev–Trinajstić information content (AvgIpc) is 2.93. The molecule has 1 N–H and O–H groups in total. The van der Waals surface area contributed by atoms with Crippen LogP contribution in [0.5, 0.6) is 0 Å². The van der Waals surface area contributed by atoms with Crippen molar-refractivity contribution in [2.45, 2.75) is 57.2 Å². The minimum absolute atomic E-state index is 0.605. The van der Waals surface area contributed by atoms with Gasteiger partial charge in [0.1, 0.15) is 0 Å². The molecule has 3 unspecified atom stereocenters. The van der Waals surface area contributed by atoms with Crippen molar-refractivity contribution in [1.82, 2.24) is 15.1 Å². The fourth-order valence-corrected chi connectivity index (χ4v) is 3.35. The van der Waals surface area contributed by atoms with Crippen LogP contribution in [-0.4, -0.2) is 15.8 Å². The van der Waals surface area contributed by atoms with Crippen molar-refractivity contribution in [3.05, 3.63) is 17.5 Å². The van der Waals surface area contributed by atoms with Gasteiger partial charge in [-0.15, -0.1) is 0 Å². The second-order valence-corrected chi connectivity index (χ2v) is 5.79. The lowest BCUT2D eigenvalue weighted by Gasteiger charge is -2.19. The molecule has 3 nitrogen and oxygen atoms in total. The van der Waals surface area contributed by atoms with Gasteiger partial charge >= 0.3 is 0 Å². The van der Waals surface area contributed by atoms with Crippen LogP contribution in [0.1, 0.15) is 55.9 Å². The Morgan fingerprint density at radius 3 is 3.06 bits per heavy atom. The minimum atomic E-state index is 0.605. The number of nitrogens with one attached hydrogen (secondary N) is 1. The smallest absolute Gasteiger partial charge is 0.0688 e. The van der Waals surface area contributed by atoms with Crippen molar-refractivity contribution in [2.75, 3.05) is 0 Å². The molecular weight excluding hydrogens is 198 g/mol. The number of hydrogen-bond donors (Lipinski definition) is 1. The fraction of sp³-hybridized carbons (Fsp3) is 0.769. The van der Waals surface area contributed by atoms with Crippen LogP contribution in [0.3, 0.4) is 0 Å². The predicted octanol–water partition coefficient (Wildman–Crippen LogP) is 2.20. The van der Waals surface area contributed by atoms with E-state index in [1.54, 1.807) is 0 Å². The van der Waals surface area contributed by atoms with Crippen molar-refractivity contribution < 1.29 is 0 Å². The van der Waals surface area contributed by atoms with E-state index < -0.39 is 0 Å². The van der Waals surface area contributed by atoms with Gasteiger partial charge in [-0.1, -0.05) is 0 Å². The highest BCUT2D eigenvalue weighted by atomic mass is 15.3. The van der Waals surface area contributed by atoms with Gasteiger partial charge in [-0.05, 0) is 38.5 Å². The van der Waals surface area contributed by atoms with Crippen molar-refractivity contribution >= 4 is 0 Å². The number of rotatable bonds is 2. The second kappa shape index (κ2) is 3.10. The molecule has 1 aromatic heterocycles. The van der Waals surface area contributed by atoms with Gasteiger partial charge in [-0.25, -0.2) is 0 Å². The molecular formula is C13H19N3. The third-order valence-electron chi connectivity index (χ3n) is 4.62. The van der Waals surface area contributed by atoms with E-state index in [-0.39, 0.29) is 0 Å². The SMILES string of the molecule is CC(C1CC1)n1cc2c(n1)CC1CCC2N1. The maximum Gasteiger partial charge on any atom is 0.0688 e. The van der Waals surface area contributed by atoms with E-state index in [1.165, 1.54) is 36.9 Å². The van der Waals surface area contributed by atoms with Crippen LogP contribution in [0.4, 0.5) is 0 Å². The Labute approximate surface area is 96.2 Å². The largest absolute Gasteiger partial charge is 0.307 e. The average molecular weight is 217 g/mol. The molecule has 1 aromatic rings. The van der Waals surface area contributed by atoms with Crippen LogP contribution in [0, 0.1) is 5.92 Å². The summed E-state index contributed by atoms with van der Waals surface area (Å²) in [6.45, 7) is 2.32. The molecule has 0 aromatic carbocycles. The molecule has 4 rings (SSSR count). The lowest BCUT2D eigenvalue weighted by Crippen LogP contribution is -2.31. The lowest BCUT2D eigenvalue weighted by atomic mass is 10.0. The summed E-state index contributed by atoms with van der Waals surface area (Å²) in [5, 5.41) is 8.52. The van der Waals surface area contributed by atoms with E-state index in [4.69, 9.17) is 5.10 Å². The predicted molar refractivity (Wildman–Crippen MR) is 62.3 cm³/mol. The van der Waals surface area contributed by atoms with Crippen molar-refractivity contribution in [1.29, 1.82) is 0 Å². The minimum Gasteiger partial charge on any atom is -0.307 e. The first-order valence-corrected chi connectivity index (χ1v) is 6.65. The van der Waals surface area contributed by atoms with Crippen molar-refractivity contribution in [3.8, 4) is 0 Å². The second-order valence-electron chi connectivity index (χ2n) is 5.79. The van der Waals surface area contributed by atoms with Crippen LogP contribution in [-0.2, 0) is 6.42 Å². The molecule has 2 aliphatic heterocycles. The molecule has 1 saturated heterocycles. The van der Waals surface area contributed by atoms with Gasteiger partial charge in [0.2, 0.25) is 0 Å². The van der Waals surface area contributed by atoms with E-state index in [2.05, 4.69) is 23.1 Å². The number of nitrogens with zero attached hydrogens (tertiary/aromatic N) is 2. The molecule has 2 bridgehead atoms. The van der Waals surface area contributed by atoms with Gasteiger partial charge in [0.05, 0.1) is 11.7 Å². The Morgan fingerprint density at radius 1 is 1.38 bits per heavy atom. The zero-order valence-electron chi connectivity index (χ0n) is 9.82. The summed E-state index contributed by atoms with van der Waals surface area (Å²) in [5.74, 6) is 0.895. The molecule has 1 saturated carbocycles. The summed E-state index contributed by atoms with van der Waals surface area (Å²) in [6, 6.07) is 1.93. The van der Waals surface area contributed by atoms with E-state index in [9.17, 15) is 0 Å². The van der Waals surface area contributed by atoms with Crippen LogP contribution in [0.15, 0.2) is 6.20 Å². The maximum absolute atomic E-state index is 4.83. The van der Waals surface area contributed by atoms with Crippen LogP contribution in [0.2, 0.25) is 0 Å². The third-order valence-corrected chi connectivity index (χ3v) is 4.62. The number of fused-ring (bicyclic) bond motifs is 4. The maximum atomic E-state index is 4.83. The fourth-order valence-electron chi connectivity index (χ4n) is 3.35. The standard InChI is InChI=1S/C13H19N3/c1-8(9-2-3-9)16-7-11-12-5-4-10(14-12)6-13(11)15-16/h7-10,12,14H,2-6H2,1H3. The van der Waals surface area contributed by atoms with Gasteiger partial charge in [0.15, 0.2) is 0 Å². The zero-order valence-corrected chi connectivity index (χ0v) is 9.82. The van der Waals surface area contributed by atoms with E-state index in [1.807, 2.05) is 0 Å². The molecule has 86 valence electrons. The summed E-state index contributed by atoms with van der Waals surface area (Å²) in [7, 11) is 0. The summed E-state index contributed by atoms with van der Waals surface area (Å²) < 4.78 is 2.24. The van der Waals surface area contributed by atoms with E-state index >= 15 is 0 Å². The Kier molecular flexibility index (Phi) is 1.79. The van der Waals surface area contributed by atoms with E-state index in [0.29, 0.717) is 18.1 Å². The summed E-state index contributed by atoms with van der Waals surface area (Å²) >= 11 is 0. The molecule has 3 atom stereocenters. The molecule has 3 heterocycles. The lowest BCUT2D eigenvalue weighted by molar-refractivity contribution is 0.434. The highest BCUT2D eigenvalue weighted by Crippen LogP contribution is 2.41. The first kappa shape index (κ1) is 9.23. The summed E-state index contributed by atoms with van der Waals surface area (Å²) in [4.78, 5) is 0.